The van der Waals surface area contributed by atoms with Gasteiger partial charge in [-0.1, -0.05) is 164 Å². The maximum atomic E-state index is 14.1. The molecule has 0 aliphatic carbocycles. The van der Waals surface area contributed by atoms with Crippen LogP contribution in [0.1, 0.15) is 0 Å². The third kappa shape index (κ3) is 5.42. The SMILES string of the molecule is Fc1ccc(-c2cccc3cccc(-c4cccc(-c5nc(-n6c7ccccc7c7cc(-c8cccc9ccccc89)ccc76)nc6c5ccc5ccccc56)c4)c23)cc1. The van der Waals surface area contributed by atoms with Crippen LogP contribution in [0.2, 0.25) is 0 Å². The van der Waals surface area contributed by atoms with E-state index in [-0.39, 0.29) is 5.82 Å². The first kappa shape index (κ1) is 34.1. The Morgan fingerprint density at radius 1 is 0.350 bits per heavy atom. The molecule has 0 aliphatic rings. The van der Waals surface area contributed by atoms with Crippen LogP contribution in [0.5, 0.6) is 0 Å². The molecule has 2 aromatic heterocycles. The van der Waals surface area contributed by atoms with Gasteiger partial charge in [-0.25, -0.2) is 14.4 Å². The summed E-state index contributed by atoms with van der Waals surface area (Å²) in [4.78, 5) is 11.0. The molecule has 0 saturated carbocycles. The first-order chi connectivity index (χ1) is 29.7. The molecule has 0 bridgehead atoms. The molecule has 0 radical (unpaired) electrons. The van der Waals surface area contributed by atoms with Crippen LogP contribution >= 0.6 is 0 Å². The fourth-order valence-corrected chi connectivity index (χ4v) is 9.29. The monoisotopic (exact) mass is 767 g/mol. The van der Waals surface area contributed by atoms with Crippen LogP contribution in [0.25, 0.3) is 116 Å². The summed E-state index contributed by atoms with van der Waals surface area (Å²) in [5.41, 5.74) is 11.4. The van der Waals surface area contributed by atoms with Gasteiger partial charge in [0.25, 0.3) is 0 Å². The lowest BCUT2D eigenvalue weighted by Gasteiger charge is -2.15. The van der Waals surface area contributed by atoms with Crippen LogP contribution in [0.4, 0.5) is 4.39 Å². The number of rotatable bonds is 5. The van der Waals surface area contributed by atoms with Crippen molar-refractivity contribution in [2.45, 2.75) is 0 Å². The van der Waals surface area contributed by atoms with E-state index in [4.69, 9.17) is 9.97 Å². The van der Waals surface area contributed by atoms with Gasteiger partial charge >= 0.3 is 0 Å². The number of hydrogen-bond acceptors (Lipinski definition) is 2. The largest absolute Gasteiger partial charge is 0.278 e. The minimum Gasteiger partial charge on any atom is -0.278 e. The highest BCUT2D eigenvalue weighted by Gasteiger charge is 2.20. The second-order valence-electron chi connectivity index (χ2n) is 15.5. The molecule has 60 heavy (non-hydrogen) atoms. The number of halogens is 1. The average molecular weight is 768 g/mol. The average Bonchev–Trinajstić information content (AvgIpc) is 3.64. The van der Waals surface area contributed by atoms with Crippen LogP contribution in [0.3, 0.4) is 0 Å². The van der Waals surface area contributed by atoms with E-state index < -0.39 is 0 Å². The second kappa shape index (κ2) is 13.6. The van der Waals surface area contributed by atoms with Crippen LogP contribution in [0, 0.1) is 5.82 Å². The molecule has 10 aromatic carbocycles. The molecule has 4 heteroatoms. The molecule has 12 rings (SSSR count). The van der Waals surface area contributed by atoms with Crippen molar-refractivity contribution in [2.24, 2.45) is 0 Å². The van der Waals surface area contributed by atoms with Crippen molar-refractivity contribution in [2.75, 3.05) is 0 Å². The van der Waals surface area contributed by atoms with Crippen molar-refractivity contribution in [3.63, 3.8) is 0 Å². The van der Waals surface area contributed by atoms with Gasteiger partial charge in [0.2, 0.25) is 5.95 Å². The van der Waals surface area contributed by atoms with Gasteiger partial charge in [-0.05, 0) is 103 Å². The predicted molar refractivity (Wildman–Crippen MR) is 248 cm³/mol. The molecular weight excluding hydrogens is 734 g/mol. The molecule has 0 unspecified atom stereocenters. The number of aromatic nitrogens is 3. The molecule has 280 valence electrons. The van der Waals surface area contributed by atoms with Crippen LogP contribution < -0.4 is 0 Å². The Balaban J connectivity index is 1.09. The zero-order valence-corrected chi connectivity index (χ0v) is 32.3. The maximum absolute atomic E-state index is 14.1. The van der Waals surface area contributed by atoms with E-state index in [1.165, 1.54) is 34.0 Å². The summed E-state index contributed by atoms with van der Waals surface area (Å²) in [7, 11) is 0. The summed E-state index contributed by atoms with van der Waals surface area (Å²) in [5.74, 6) is 0.370. The topological polar surface area (TPSA) is 30.7 Å². The Hall–Kier alpha value is -7.95. The Bertz CT molecular complexity index is 3670. The van der Waals surface area contributed by atoms with E-state index in [2.05, 4.69) is 187 Å². The molecule has 2 heterocycles. The first-order valence-electron chi connectivity index (χ1n) is 20.3. The molecular formula is C56H34FN3. The van der Waals surface area contributed by atoms with Crippen molar-refractivity contribution in [1.29, 1.82) is 0 Å². The molecule has 0 aliphatic heterocycles. The molecule has 3 nitrogen and oxygen atoms in total. The minimum atomic E-state index is -0.247. The highest BCUT2D eigenvalue weighted by atomic mass is 19.1. The number of nitrogens with zero attached hydrogens (tertiary/aromatic N) is 3. The minimum absolute atomic E-state index is 0.247. The lowest BCUT2D eigenvalue weighted by Crippen LogP contribution is -2.04. The Labute approximate surface area is 345 Å². The van der Waals surface area contributed by atoms with E-state index in [1.54, 1.807) is 0 Å². The Morgan fingerprint density at radius 2 is 0.933 bits per heavy atom. The number of hydrogen-bond donors (Lipinski definition) is 0. The number of para-hydroxylation sites is 1. The molecule has 0 amide bonds. The fraction of sp³-hybridized carbons (Fsp3) is 0. The van der Waals surface area contributed by atoms with Crippen LogP contribution in [-0.4, -0.2) is 14.5 Å². The van der Waals surface area contributed by atoms with Gasteiger partial charge in [0, 0.05) is 27.1 Å². The highest BCUT2D eigenvalue weighted by molar-refractivity contribution is 6.13. The number of benzene rings is 10. The van der Waals surface area contributed by atoms with Crippen LogP contribution in [-0.2, 0) is 0 Å². The van der Waals surface area contributed by atoms with Gasteiger partial charge in [0.05, 0.1) is 22.2 Å². The standard InChI is InChI=1S/C56H34FN3/c57-42-29-25-37(26-30-42)45-22-9-14-38-15-10-23-46(53(38)45)39-16-7-17-41(33-39)54-49-31-27-36-12-2-4-19-47(36)55(49)59-56(58-54)60-51-24-6-5-20-48(51)50-34-40(28-32-52(50)60)44-21-8-13-35-11-1-3-18-43(35)44/h1-34H. The zero-order valence-electron chi connectivity index (χ0n) is 32.3. The van der Waals surface area contributed by atoms with Gasteiger partial charge in [0.15, 0.2) is 0 Å². The third-order valence-electron chi connectivity index (χ3n) is 12.1. The van der Waals surface area contributed by atoms with Gasteiger partial charge in [-0.2, -0.15) is 0 Å². The summed E-state index contributed by atoms with van der Waals surface area (Å²) in [5, 5.41) is 10.2. The van der Waals surface area contributed by atoms with E-state index in [9.17, 15) is 4.39 Å². The lowest BCUT2D eigenvalue weighted by molar-refractivity contribution is 0.628. The van der Waals surface area contributed by atoms with Crippen molar-refractivity contribution in [3.05, 3.63) is 212 Å². The summed E-state index contributed by atoms with van der Waals surface area (Å²) in [6, 6.07) is 71.4. The smallest absolute Gasteiger partial charge is 0.235 e. The molecule has 0 spiro atoms. The Morgan fingerprint density at radius 3 is 1.75 bits per heavy atom. The number of fused-ring (bicyclic) bond motifs is 8. The van der Waals surface area contributed by atoms with E-state index >= 15 is 0 Å². The zero-order chi connectivity index (χ0) is 39.7. The maximum Gasteiger partial charge on any atom is 0.235 e. The van der Waals surface area contributed by atoms with E-state index in [1.807, 2.05) is 12.1 Å². The lowest BCUT2D eigenvalue weighted by atomic mass is 9.90. The molecule has 0 fully saturated rings. The first-order valence-corrected chi connectivity index (χ1v) is 20.3. The highest BCUT2D eigenvalue weighted by Crippen LogP contribution is 2.41. The van der Waals surface area contributed by atoms with E-state index in [0.29, 0.717) is 5.95 Å². The molecule has 0 saturated heterocycles. The third-order valence-corrected chi connectivity index (χ3v) is 12.1. The normalized spacial score (nSPS) is 11.8. The van der Waals surface area contributed by atoms with Crippen molar-refractivity contribution < 1.29 is 4.39 Å². The van der Waals surface area contributed by atoms with Gasteiger partial charge in [-0.15, -0.1) is 0 Å². The van der Waals surface area contributed by atoms with Gasteiger partial charge < -0.3 is 0 Å². The second-order valence-corrected chi connectivity index (χ2v) is 15.5. The predicted octanol–water partition coefficient (Wildman–Crippen LogP) is 15.0. The molecule has 0 atom stereocenters. The van der Waals surface area contributed by atoms with Gasteiger partial charge in [-0.3, -0.25) is 4.57 Å². The summed E-state index contributed by atoms with van der Waals surface area (Å²) in [6.45, 7) is 0. The van der Waals surface area contributed by atoms with Crippen LogP contribution in [0.15, 0.2) is 206 Å². The summed E-state index contributed by atoms with van der Waals surface area (Å²) in [6.07, 6.45) is 0. The van der Waals surface area contributed by atoms with E-state index in [0.717, 1.165) is 87.8 Å². The summed E-state index contributed by atoms with van der Waals surface area (Å²) < 4.78 is 16.3. The molecule has 12 aromatic rings. The van der Waals surface area contributed by atoms with Gasteiger partial charge in [0.1, 0.15) is 5.82 Å². The van der Waals surface area contributed by atoms with Crippen molar-refractivity contribution >= 4 is 65.0 Å². The van der Waals surface area contributed by atoms with Crippen molar-refractivity contribution in [3.8, 4) is 50.6 Å². The Kier molecular flexibility index (Phi) is 7.72. The van der Waals surface area contributed by atoms with Crippen molar-refractivity contribution in [1.82, 2.24) is 14.5 Å². The summed E-state index contributed by atoms with van der Waals surface area (Å²) >= 11 is 0. The molecule has 0 N–H and O–H groups in total. The fourth-order valence-electron chi connectivity index (χ4n) is 9.29. The quantitative estimate of drug-likeness (QED) is 0.163.